The van der Waals surface area contributed by atoms with E-state index in [0.29, 0.717) is 0 Å². The summed E-state index contributed by atoms with van der Waals surface area (Å²) in [6, 6.07) is 8.86. The zero-order valence-corrected chi connectivity index (χ0v) is 10.5. The Morgan fingerprint density at radius 3 is 2.60 bits per heavy atom. The number of cyclic esters (lactones) is 1. The maximum Gasteiger partial charge on any atom is 0.410 e. The molecule has 1 amide bonds. The van der Waals surface area contributed by atoms with Gasteiger partial charge >= 0.3 is 12.1 Å². The fraction of sp³-hybridized carbons (Fsp3) is 0.308. The number of carbonyl (C=O) groups is 3. The van der Waals surface area contributed by atoms with Gasteiger partial charge in [0.15, 0.2) is 0 Å². The molecule has 0 bridgehead atoms. The van der Waals surface area contributed by atoms with Crippen molar-refractivity contribution in [1.29, 1.82) is 0 Å². The van der Waals surface area contributed by atoms with Gasteiger partial charge in [-0.3, -0.25) is 10.1 Å². The molecule has 0 radical (unpaired) electrons. The second kappa shape index (κ2) is 5.60. The van der Waals surface area contributed by atoms with Gasteiger partial charge in [0.1, 0.15) is 12.6 Å². The average molecular weight is 278 g/mol. The van der Waals surface area contributed by atoms with E-state index >= 15 is 0 Å². The molecule has 0 saturated carbocycles. The van der Waals surface area contributed by atoms with Crippen molar-refractivity contribution in [2.45, 2.75) is 25.2 Å². The third-order valence-electron chi connectivity index (χ3n) is 2.82. The van der Waals surface area contributed by atoms with E-state index in [0.717, 1.165) is 5.56 Å². The van der Waals surface area contributed by atoms with Gasteiger partial charge in [0.25, 0.3) is 0 Å². The maximum atomic E-state index is 11.6. The Kier molecular flexibility index (Phi) is 3.88. The number of ether oxygens (including phenoxy) is 2. The van der Waals surface area contributed by atoms with E-state index < -0.39 is 23.8 Å². The van der Waals surface area contributed by atoms with Crippen molar-refractivity contribution >= 4 is 18.0 Å². The van der Waals surface area contributed by atoms with Crippen LogP contribution in [0.25, 0.3) is 0 Å². The molecule has 1 unspecified atom stereocenters. The van der Waals surface area contributed by atoms with E-state index in [1.165, 1.54) is 0 Å². The first-order valence-corrected chi connectivity index (χ1v) is 5.94. The summed E-state index contributed by atoms with van der Waals surface area (Å²) in [5, 5.41) is 13.0. The van der Waals surface area contributed by atoms with E-state index in [9.17, 15) is 19.5 Å². The van der Waals surface area contributed by atoms with Crippen molar-refractivity contribution < 1.29 is 29.0 Å². The molecule has 20 heavy (non-hydrogen) atoms. The molecule has 1 N–H and O–H groups in total. The molecule has 1 aromatic rings. The summed E-state index contributed by atoms with van der Waals surface area (Å²) in [7, 11) is 0. The van der Waals surface area contributed by atoms with Crippen LogP contribution in [-0.4, -0.2) is 23.8 Å². The van der Waals surface area contributed by atoms with E-state index in [2.05, 4.69) is 4.74 Å². The van der Waals surface area contributed by atoms with Gasteiger partial charge < -0.3 is 19.4 Å². The minimum atomic E-state index is -2.13. The monoisotopic (exact) mass is 278 g/mol. The zero-order valence-electron chi connectivity index (χ0n) is 10.5. The fourth-order valence-electron chi connectivity index (χ4n) is 1.78. The Morgan fingerprint density at radius 1 is 1.35 bits per heavy atom. The van der Waals surface area contributed by atoms with Crippen LogP contribution < -0.4 is 10.4 Å². The number of rotatable bonds is 4. The zero-order chi connectivity index (χ0) is 14.6. The molecule has 7 nitrogen and oxygen atoms in total. The first-order valence-electron chi connectivity index (χ1n) is 5.94. The summed E-state index contributed by atoms with van der Waals surface area (Å²) in [4.78, 5) is 33.6. The van der Waals surface area contributed by atoms with Crippen LogP contribution >= 0.6 is 0 Å². The fourth-order valence-corrected chi connectivity index (χ4v) is 1.78. The summed E-state index contributed by atoms with van der Waals surface area (Å²) < 4.78 is 9.49. The van der Waals surface area contributed by atoms with Crippen molar-refractivity contribution in [3.63, 3.8) is 0 Å². The van der Waals surface area contributed by atoms with Crippen LogP contribution in [0.3, 0.4) is 0 Å². The lowest BCUT2D eigenvalue weighted by molar-refractivity contribution is -0.325. The molecular weight excluding hydrogens is 266 g/mol. The van der Waals surface area contributed by atoms with Crippen molar-refractivity contribution in [2.24, 2.45) is 0 Å². The molecule has 7 heteroatoms. The smallest absolute Gasteiger partial charge is 0.410 e. The van der Waals surface area contributed by atoms with E-state index in [-0.39, 0.29) is 19.4 Å². The lowest BCUT2D eigenvalue weighted by Crippen LogP contribution is -2.60. The van der Waals surface area contributed by atoms with Crippen molar-refractivity contribution in [3.05, 3.63) is 35.9 Å². The lowest BCUT2D eigenvalue weighted by atomic mass is 10.1. The largest absolute Gasteiger partial charge is 0.544 e. The van der Waals surface area contributed by atoms with Crippen LogP contribution in [-0.2, 0) is 25.7 Å². The molecule has 1 atom stereocenters. The minimum Gasteiger partial charge on any atom is -0.544 e. The molecule has 1 aromatic carbocycles. The number of carboxylic acids is 1. The highest BCUT2D eigenvalue weighted by Gasteiger charge is 2.44. The summed E-state index contributed by atoms with van der Waals surface area (Å²) in [6.07, 6.45) is -1.28. The number of benzene rings is 1. The van der Waals surface area contributed by atoms with E-state index in [4.69, 9.17) is 4.74 Å². The summed E-state index contributed by atoms with van der Waals surface area (Å²) >= 11 is 0. The molecule has 106 valence electrons. The normalized spacial score (nSPS) is 21.1. The number of nitrogens with one attached hydrogen (secondary N) is 1. The van der Waals surface area contributed by atoms with Gasteiger partial charge in [-0.25, -0.2) is 4.79 Å². The average Bonchev–Trinajstić information content (AvgIpc) is 2.80. The molecule has 0 spiro atoms. The predicted molar refractivity (Wildman–Crippen MR) is 62.8 cm³/mol. The predicted octanol–water partition coefficient (Wildman–Crippen LogP) is -0.304. The van der Waals surface area contributed by atoms with Gasteiger partial charge in [0.2, 0.25) is 5.72 Å². The van der Waals surface area contributed by atoms with Crippen LogP contribution in [0.2, 0.25) is 0 Å². The highest BCUT2D eigenvalue weighted by atomic mass is 16.6. The topological polar surface area (TPSA) is 105 Å². The SMILES string of the molecule is O=C1CCC(NC(=O)OCc2ccccc2)(C(=O)[O-])O1. The number of alkyl carbamates (subject to hydrolysis) is 1. The van der Waals surface area contributed by atoms with Gasteiger partial charge in [-0.15, -0.1) is 0 Å². The van der Waals surface area contributed by atoms with Crippen LogP contribution in [0, 0.1) is 0 Å². The third-order valence-corrected chi connectivity index (χ3v) is 2.82. The van der Waals surface area contributed by atoms with E-state index in [1.807, 2.05) is 11.4 Å². The first kappa shape index (κ1) is 13.9. The molecule has 0 aliphatic carbocycles. The van der Waals surface area contributed by atoms with Gasteiger partial charge in [-0.1, -0.05) is 30.3 Å². The maximum absolute atomic E-state index is 11.6. The highest BCUT2D eigenvalue weighted by molar-refractivity contribution is 5.87. The quantitative estimate of drug-likeness (QED) is 0.758. The number of hydrogen-bond donors (Lipinski definition) is 1. The minimum absolute atomic E-state index is 0.0241. The molecule has 0 aromatic heterocycles. The van der Waals surface area contributed by atoms with Gasteiger partial charge in [-0.2, -0.15) is 0 Å². The number of amides is 1. The van der Waals surface area contributed by atoms with Crippen LogP contribution in [0.5, 0.6) is 0 Å². The number of carboxylic acid groups (broad SMARTS) is 1. The second-order valence-corrected chi connectivity index (χ2v) is 4.28. The second-order valence-electron chi connectivity index (χ2n) is 4.28. The van der Waals surface area contributed by atoms with Crippen molar-refractivity contribution in [2.75, 3.05) is 0 Å². The standard InChI is InChI=1S/C13H13NO6/c15-10-6-7-13(20-10,11(16)17)14-12(18)19-8-9-4-2-1-3-5-9/h1-5H,6-8H2,(H,14,18)(H,16,17)/p-1. The lowest BCUT2D eigenvalue weighted by Gasteiger charge is -2.28. The molecule has 2 rings (SSSR count). The Bertz CT molecular complexity index is 529. The Hall–Kier alpha value is -2.57. The number of esters is 1. The van der Waals surface area contributed by atoms with Gasteiger partial charge in [-0.05, 0) is 5.56 Å². The van der Waals surface area contributed by atoms with Gasteiger partial charge in [0.05, 0.1) is 6.42 Å². The molecule has 1 aliphatic heterocycles. The summed E-state index contributed by atoms with van der Waals surface area (Å²) in [5.74, 6) is -2.39. The number of hydrogen-bond acceptors (Lipinski definition) is 6. The van der Waals surface area contributed by atoms with Crippen LogP contribution in [0.15, 0.2) is 30.3 Å². The van der Waals surface area contributed by atoms with Crippen molar-refractivity contribution in [3.8, 4) is 0 Å². The molecule has 1 fully saturated rings. The Labute approximate surface area is 114 Å². The first-order chi connectivity index (χ1) is 9.52. The molecule has 1 saturated heterocycles. The molecule has 1 aliphatic rings. The molecular formula is C13H12NO6-. The number of aliphatic carboxylic acids is 1. The van der Waals surface area contributed by atoms with Crippen LogP contribution in [0.1, 0.15) is 18.4 Å². The number of carbonyl (C=O) groups excluding carboxylic acids is 3. The summed E-state index contributed by atoms with van der Waals surface area (Å²) in [5.41, 5.74) is -1.39. The van der Waals surface area contributed by atoms with Crippen LogP contribution in [0.4, 0.5) is 4.79 Å². The third kappa shape index (κ3) is 3.05. The molecule has 1 heterocycles. The Balaban J connectivity index is 1.93. The summed E-state index contributed by atoms with van der Waals surface area (Å²) in [6.45, 7) is -0.0241. The highest BCUT2D eigenvalue weighted by Crippen LogP contribution is 2.23. The Morgan fingerprint density at radius 2 is 2.05 bits per heavy atom. The van der Waals surface area contributed by atoms with Crippen molar-refractivity contribution in [1.82, 2.24) is 5.32 Å². The van der Waals surface area contributed by atoms with E-state index in [1.54, 1.807) is 24.3 Å². The van der Waals surface area contributed by atoms with Gasteiger partial charge in [0, 0.05) is 6.42 Å².